The molecule has 0 unspecified atom stereocenters. The molecule has 2 heterocycles. The van der Waals surface area contributed by atoms with Crippen LogP contribution < -0.4 is 4.74 Å². The molecule has 2 atom stereocenters. The van der Waals surface area contributed by atoms with Crippen molar-refractivity contribution in [2.45, 2.75) is 5.92 Å². The summed E-state index contributed by atoms with van der Waals surface area (Å²) in [6.45, 7) is 3.12. The van der Waals surface area contributed by atoms with Crippen molar-refractivity contribution in [3.63, 3.8) is 0 Å². The Morgan fingerprint density at radius 3 is 2.53 bits per heavy atom. The van der Waals surface area contributed by atoms with Gasteiger partial charge in [-0.25, -0.2) is 0 Å². The molecule has 0 N–H and O–H groups in total. The zero-order valence-electron chi connectivity index (χ0n) is 16.9. The van der Waals surface area contributed by atoms with Crippen LogP contribution in [0.4, 0.5) is 0 Å². The van der Waals surface area contributed by atoms with Crippen LogP contribution in [0.3, 0.4) is 0 Å². The zero-order valence-corrected chi connectivity index (χ0v) is 17.7. The molecule has 2 aliphatic heterocycles. The summed E-state index contributed by atoms with van der Waals surface area (Å²) in [5, 5.41) is 0.519. The van der Waals surface area contributed by atoms with E-state index in [-0.39, 0.29) is 23.7 Å². The molecular weight excluding hydrogens is 404 g/mol. The Balaban J connectivity index is 1.62. The highest BCUT2D eigenvalue weighted by Gasteiger charge is 2.42. The summed E-state index contributed by atoms with van der Waals surface area (Å²) in [6.07, 6.45) is 0. The Morgan fingerprint density at radius 2 is 1.80 bits per heavy atom. The van der Waals surface area contributed by atoms with E-state index in [4.69, 9.17) is 21.1 Å². The highest BCUT2D eigenvalue weighted by molar-refractivity contribution is 6.30. The molecule has 6 nitrogen and oxygen atoms in total. The minimum atomic E-state index is -0.307. The maximum Gasteiger partial charge on any atom is 0.253 e. The van der Waals surface area contributed by atoms with Gasteiger partial charge in [0.25, 0.3) is 5.91 Å². The predicted molar refractivity (Wildman–Crippen MR) is 114 cm³/mol. The lowest BCUT2D eigenvalue weighted by atomic mass is 9.87. The highest BCUT2D eigenvalue weighted by Crippen LogP contribution is 2.36. The zero-order chi connectivity index (χ0) is 21.1. The van der Waals surface area contributed by atoms with Crippen molar-refractivity contribution >= 4 is 23.4 Å². The van der Waals surface area contributed by atoms with Gasteiger partial charge in [-0.1, -0.05) is 29.8 Å². The van der Waals surface area contributed by atoms with Gasteiger partial charge in [0.1, 0.15) is 5.75 Å². The number of methoxy groups -OCH3 is 1. The molecule has 7 heteroatoms. The number of nitrogens with zero attached hydrogens (tertiary/aromatic N) is 2. The Bertz CT molecular complexity index is 929. The number of hydrogen-bond donors (Lipinski definition) is 0. The van der Waals surface area contributed by atoms with E-state index in [0.717, 1.165) is 11.3 Å². The standard InChI is InChI=1S/C23H25ClN2O4/c1-29-19-7-3-4-16(13-19)20-14-26(22(27)17-5-2-6-18(24)12-17)15-21(20)23(28)25-8-10-30-11-9-25/h2-7,12-13,20-21H,8-11,14-15H2,1H3/t20-,21-/m0/s1. The number of carbonyl (C=O) groups excluding carboxylic acids is 2. The van der Waals surface area contributed by atoms with Crippen molar-refractivity contribution in [3.8, 4) is 5.75 Å². The second-order valence-corrected chi connectivity index (χ2v) is 8.08. The normalized spacial score (nSPS) is 21.5. The third kappa shape index (κ3) is 4.30. The first-order valence-corrected chi connectivity index (χ1v) is 10.5. The molecule has 158 valence electrons. The smallest absolute Gasteiger partial charge is 0.253 e. The minimum Gasteiger partial charge on any atom is -0.497 e. The number of amides is 2. The monoisotopic (exact) mass is 428 g/mol. The van der Waals surface area contributed by atoms with Gasteiger partial charge >= 0.3 is 0 Å². The maximum atomic E-state index is 13.4. The van der Waals surface area contributed by atoms with Gasteiger partial charge in [0.2, 0.25) is 5.91 Å². The molecule has 30 heavy (non-hydrogen) atoms. The lowest BCUT2D eigenvalue weighted by Crippen LogP contribution is -2.45. The molecule has 0 saturated carbocycles. The van der Waals surface area contributed by atoms with Gasteiger partial charge in [-0.15, -0.1) is 0 Å². The van der Waals surface area contributed by atoms with Crippen molar-refractivity contribution in [2.75, 3.05) is 46.5 Å². The average molecular weight is 429 g/mol. The second kappa shape index (κ2) is 9.06. The molecule has 0 aliphatic carbocycles. The first kappa shape index (κ1) is 20.7. The summed E-state index contributed by atoms with van der Waals surface area (Å²) < 4.78 is 10.8. The minimum absolute atomic E-state index is 0.0764. The van der Waals surface area contributed by atoms with E-state index >= 15 is 0 Å². The molecule has 4 rings (SSSR count). The molecule has 0 aromatic heterocycles. The van der Waals surface area contributed by atoms with Gasteiger partial charge in [0.05, 0.1) is 26.2 Å². The van der Waals surface area contributed by atoms with Crippen LogP contribution in [-0.2, 0) is 9.53 Å². The Morgan fingerprint density at radius 1 is 1.03 bits per heavy atom. The molecule has 2 aliphatic rings. The van der Waals surface area contributed by atoms with Crippen molar-refractivity contribution in [1.29, 1.82) is 0 Å². The van der Waals surface area contributed by atoms with Crippen molar-refractivity contribution in [3.05, 3.63) is 64.7 Å². The fraction of sp³-hybridized carbons (Fsp3) is 0.391. The Labute approximate surface area is 181 Å². The van der Waals surface area contributed by atoms with E-state index in [9.17, 15) is 9.59 Å². The SMILES string of the molecule is COc1cccc([C@@H]2CN(C(=O)c3cccc(Cl)c3)C[C@@H]2C(=O)N2CCOCC2)c1. The number of hydrogen-bond acceptors (Lipinski definition) is 4. The van der Waals surface area contributed by atoms with Crippen LogP contribution in [0.1, 0.15) is 21.8 Å². The van der Waals surface area contributed by atoms with Gasteiger partial charge in [-0.3, -0.25) is 9.59 Å². The number of benzene rings is 2. The molecule has 0 radical (unpaired) electrons. The van der Waals surface area contributed by atoms with Crippen LogP contribution in [0.25, 0.3) is 0 Å². The molecule has 2 amide bonds. The van der Waals surface area contributed by atoms with Gasteiger partial charge in [-0.05, 0) is 35.9 Å². The first-order chi connectivity index (χ1) is 14.6. The van der Waals surface area contributed by atoms with Crippen molar-refractivity contribution in [1.82, 2.24) is 9.80 Å². The molecule has 2 fully saturated rings. The fourth-order valence-electron chi connectivity index (χ4n) is 4.25. The van der Waals surface area contributed by atoms with E-state index in [0.29, 0.717) is 50.0 Å². The third-order valence-corrected chi connectivity index (χ3v) is 6.08. The van der Waals surface area contributed by atoms with Gasteiger partial charge < -0.3 is 19.3 Å². The average Bonchev–Trinajstić information content (AvgIpc) is 3.24. The van der Waals surface area contributed by atoms with E-state index in [2.05, 4.69) is 0 Å². The van der Waals surface area contributed by atoms with Gasteiger partial charge in [-0.2, -0.15) is 0 Å². The quantitative estimate of drug-likeness (QED) is 0.751. The molecule has 2 saturated heterocycles. The lowest BCUT2D eigenvalue weighted by Gasteiger charge is -2.30. The number of ether oxygens (including phenoxy) is 2. The molecule has 0 spiro atoms. The molecule has 2 aromatic rings. The molecule has 2 aromatic carbocycles. The summed E-state index contributed by atoms with van der Waals surface area (Å²) in [5.74, 6) is 0.303. The Hall–Kier alpha value is -2.57. The highest BCUT2D eigenvalue weighted by atomic mass is 35.5. The van der Waals surface area contributed by atoms with E-state index in [1.165, 1.54) is 0 Å². The van der Waals surface area contributed by atoms with E-state index in [1.54, 1.807) is 36.3 Å². The Kier molecular flexibility index (Phi) is 6.25. The summed E-state index contributed by atoms with van der Waals surface area (Å²) in [7, 11) is 1.62. The first-order valence-electron chi connectivity index (χ1n) is 10.1. The predicted octanol–water partition coefficient (Wildman–Crippen LogP) is 3.06. The number of likely N-dealkylation sites (tertiary alicyclic amines) is 1. The number of carbonyl (C=O) groups is 2. The van der Waals surface area contributed by atoms with Gasteiger partial charge in [0, 0.05) is 42.7 Å². The summed E-state index contributed by atoms with van der Waals surface area (Å²) in [6, 6.07) is 14.7. The largest absolute Gasteiger partial charge is 0.497 e. The van der Waals surface area contributed by atoms with Crippen LogP contribution in [0.15, 0.2) is 48.5 Å². The number of rotatable bonds is 4. The van der Waals surface area contributed by atoms with Crippen molar-refractivity contribution < 1.29 is 19.1 Å². The molecule has 0 bridgehead atoms. The van der Waals surface area contributed by atoms with Crippen LogP contribution in [0.5, 0.6) is 5.75 Å². The van der Waals surface area contributed by atoms with Gasteiger partial charge in [0.15, 0.2) is 0 Å². The van der Waals surface area contributed by atoms with E-state index in [1.807, 2.05) is 29.2 Å². The third-order valence-electron chi connectivity index (χ3n) is 5.84. The van der Waals surface area contributed by atoms with Crippen molar-refractivity contribution in [2.24, 2.45) is 5.92 Å². The lowest BCUT2D eigenvalue weighted by molar-refractivity contribution is -0.139. The number of morpholine rings is 1. The van der Waals surface area contributed by atoms with Crippen LogP contribution in [-0.4, -0.2) is 68.1 Å². The molecular formula is C23H25ClN2O4. The van der Waals surface area contributed by atoms with Crippen LogP contribution >= 0.6 is 11.6 Å². The fourth-order valence-corrected chi connectivity index (χ4v) is 4.44. The van der Waals surface area contributed by atoms with E-state index < -0.39 is 0 Å². The van der Waals surface area contributed by atoms with Crippen LogP contribution in [0.2, 0.25) is 5.02 Å². The summed E-state index contributed by atoms with van der Waals surface area (Å²) >= 11 is 6.08. The second-order valence-electron chi connectivity index (χ2n) is 7.65. The maximum absolute atomic E-state index is 13.4. The summed E-state index contributed by atoms with van der Waals surface area (Å²) in [5.41, 5.74) is 1.54. The topological polar surface area (TPSA) is 59.1 Å². The van der Waals surface area contributed by atoms with Crippen LogP contribution in [0, 0.1) is 5.92 Å². The number of halogens is 1. The summed E-state index contributed by atoms with van der Waals surface area (Å²) in [4.78, 5) is 30.1.